The van der Waals surface area contributed by atoms with E-state index in [-0.39, 0.29) is 11.7 Å². The van der Waals surface area contributed by atoms with Gasteiger partial charge in [0.2, 0.25) is 11.1 Å². The summed E-state index contributed by atoms with van der Waals surface area (Å²) in [5.74, 6) is 8.13. The van der Waals surface area contributed by atoms with Crippen LogP contribution in [0, 0.1) is 32.1 Å². The number of hydrogen-bond donors (Lipinski definition) is 2. The molecule has 1 amide bonds. The van der Waals surface area contributed by atoms with E-state index in [0.29, 0.717) is 34.7 Å². The van der Waals surface area contributed by atoms with Crippen molar-refractivity contribution in [2.24, 2.45) is 0 Å². The molecule has 0 saturated heterocycles. The lowest BCUT2D eigenvalue weighted by molar-refractivity contribution is -0.113. The Hall–Kier alpha value is -3.91. The van der Waals surface area contributed by atoms with E-state index in [4.69, 9.17) is 14.7 Å². The SMILES string of the molecule is Cc1occc1-c1nnc(SCC(=O)Nc2c(C#N)c(C)c(C)n2Cc2ccco2)n1N. The number of nitrogens with two attached hydrogens (primary N) is 1. The van der Waals surface area contributed by atoms with E-state index in [1.165, 1.54) is 4.68 Å². The molecule has 0 radical (unpaired) electrons. The van der Waals surface area contributed by atoms with Crippen LogP contribution in [0.1, 0.15) is 28.3 Å². The van der Waals surface area contributed by atoms with E-state index in [1.54, 1.807) is 31.6 Å². The van der Waals surface area contributed by atoms with Gasteiger partial charge in [-0.1, -0.05) is 11.8 Å². The van der Waals surface area contributed by atoms with Crippen LogP contribution in [-0.2, 0) is 11.3 Å². The van der Waals surface area contributed by atoms with E-state index in [2.05, 4.69) is 21.6 Å². The van der Waals surface area contributed by atoms with Gasteiger partial charge in [0, 0.05) is 5.69 Å². The van der Waals surface area contributed by atoms with Crippen molar-refractivity contribution in [3.8, 4) is 17.5 Å². The third-order valence-corrected chi connectivity index (χ3v) is 6.13. The second-order valence-electron chi connectivity index (χ2n) is 7.11. The monoisotopic (exact) mass is 451 g/mol. The van der Waals surface area contributed by atoms with Gasteiger partial charge in [0.15, 0.2) is 5.82 Å². The molecule has 4 aromatic heterocycles. The number of rotatable bonds is 7. The minimum Gasteiger partial charge on any atom is -0.469 e. The highest BCUT2D eigenvalue weighted by atomic mass is 32.2. The molecule has 0 aliphatic carbocycles. The summed E-state index contributed by atoms with van der Waals surface area (Å²) >= 11 is 1.15. The zero-order chi connectivity index (χ0) is 22.8. The van der Waals surface area contributed by atoms with Gasteiger partial charge in [-0.25, -0.2) is 4.68 Å². The lowest BCUT2D eigenvalue weighted by Crippen LogP contribution is -2.19. The molecule has 0 unspecified atom stereocenters. The van der Waals surface area contributed by atoms with Gasteiger partial charge in [-0.15, -0.1) is 10.2 Å². The lowest BCUT2D eigenvalue weighted by Gasteiger charge is -2.12. The molecule has 4 rings (SSSR count). The van der Waals surface area contributed by atoms with Crippen molar-refractivity contribution >= 4 is 23.5 Å². The molecule has 10 nitrogen and oxygen atoms in total. The van der Waals surface area contributed by atoms with Crippen LogP contribution in [0.5, 0.6) is 0 Å². The van der Waals surface area contributed by atoms with Gasteiger partial charge < -0.3 is 24.6 Å². The fraction of sp³-hybridized carbons (Fsp3) is 0.238. The van der Waals surface area contributed by atoms with Crippen LogP contribution in [-0.4, -0.2) is 31.1 Å². The van der Waals surface area contributed by atoms with Crippen molar-refractivity contribution in [1.29, 1.82) is 5.26 Å². The Morgan fingerprint density at radius 1 is 1.25 bits per heavy atom. The molecule has 4 aromatic rings. The summed E-state index contributed by atoms with van der Waals surface area (Å²) in [6.07, 6.45) is 3.14. The van der Waals surface area contributed by atoms with E-state index >= 15 is 0 Å². The first-order valence-corrected chi connectivity index (χ1v) is 10.7. The highest BCUT2D eigenvalue weighted by Gasteiger charge is 2.21. The summed E-state index contributed by atoms with van der Waals surface area (Å²) in [5, 5.41) is 21.1. The maximum Gasteiger partial charge on any atom is 0.235 e. The van der Waals surface area contributed by atoms with Crippen LogP contribution < -0.4 is 11.2 Å². The van der Waals surface area contributed by atoms with Gasteiger partial charge in [0.1, 0.15) is 23.4 Å². The Bertz CT molecular complexity index is 1310. The fourth-order valence-electron chi connectivity index (χ4n) is 3.36. The van der Waals surface area contributed by atoms with Gasteiger partial charge in [0.25, 0.3) is 0 Å². The second kappa shape index (κ2) is 8.68. The summed E-state index contributed by atoms with van der Waals surface area (Å²) in [5.41, 5.74) is 2.84. The molecular weight excluding hydrogens is 430 g/mol. The van der Waals surface area contributed by atoms with Crippen molar-refractivity contribution < 1.29 is 13.6 Å². The lowest BCUT2D eigenvalue weighted by atomic mass is 10.2. The van der Waals surface area contributed by atoms with Gasteiger partial charge in [-0.2, -0.15) is 5.26 Å². The van der Waals surface area contributed by atoms with Crippen molar-refractivity contribution in [2.45, 2.75) is 32.5 Å². The minimum atomic E-state index is -0.297. The van der Waals surface area contributed by atoms with E-state index in [9.17, 15) is 10.1 Å². The van der Waals surface area contributed by atoms with Crippen LogP contribution >= 0.6 is 11.8 Å². The number of nitrogen functional groups attached to an aromatic ring is 1. The highest BCUT2D eigenvalue weighted by Crippen LogP contribution is 2.28. The van der Waals surface area contributed by atoms with E-state index in [0.717, 1.165) is 34.3 Å². The number of aryl methyl sites for hydroxylation is 1. The van der Waals surface area contributed by atoms with Crippen molar-refractivity contribution in [1.82, 2.24) is 19.4 Å². The quantitative estimate of drug-likeness (QED) is 0.322. The number of nitriles is 1. The number of hydrogen-bond acceptors (Lipinski definition) is 8. The van der Waals surface area contributed by atoms with Crippen molar-refractivity contribution in [3.63, 3.8) is 0 Å². The molecule has 0 aliphatic rings. The van der Waals surface area contributed by atoms with Crippen LogP contribution in [0.25, 0.3) is 11.4 Å². The molecule has 0 atom stereocenters. The van der Waals surface area contributed by atoms with Gasteiger partial charge in [-0.05, 0) is 44.5 Å². The molecule has 0 aliphatic heterocycles. The zero-order valence-electron chi connectivity index (χ0n) is 17.7. The molecule has 0 fully saturated rings. The zero-order valence-corrected chi connectivity index (χ0v) is 18.6. The van der Waals surface area contributed by atoms with Crippen LogP contribution in [0.2, 0.25) is 0 Å². The van der Waals surface area contributed by atoms with Gasteiger partial charge in [-0.3, -0.25) is 4.79 Å². The first-order chi connectivity index (χ1) is 15.4. The number of furan rings is 2. The standard InChI is InChI=1S/C21H21N7O3S/c1-12-13(2)27(10-15-5-4-7-31-15)19(17(12)9-22)24-18(29)11-32-21-26-25-20(28(21)23)16-6-8-30-14(16)3/h4-8H,10-11,23H2,1-3H3,(H,24,29). The topological polar surface area (TPSA) is 141 Å². The Kier molecular flexibility index (Phi) is 5.79. The summed E-state index contributed by atoms with van der Waals surface area (Å²) in [4.78, 5) is 12.7. The van der Waals surface area contributed by atoms with Crippen LogP contribution in [0.15, 0.2) is 44.7 Å². The first-order valence-electron chi connectivity index (χ1n) is 9.70. The second-order valence-corrected chi connectivity index (χ2v) is 8.06. The van der Waals surface area contributed by atoms with Crippen molar-refractivity contribution in [3.05, 3.63) is 59.1 Å². The Morgan fingerprint density at radius 2 is 2.06 bits per heavy atom. The molecule has 11 heteroatoms. The molecule has 0 spiro atoms. The number of aromatic nitrogens is 4. The number of amides is 1. The Labute approximate surface area is 188 Å². The molecule has 0 saturated carbocycles. The number of thioether (sulfide) groups is 1. The molecule has 32 heavy (non-hydrogen) atoms. The number of anilines is 1. The average molecular weight is 452 g/mol. The maximum atomic E-state index is 12.7. The molecule has 0 aromatic carbocycles. The molecular formula is C21H21N7O3S. The normalized spacial score (nSPS) is 10.9. The van der Waals surface area contributed by atoms with Crippen LogP contribution in [0.3, 0.4) is 0 Å². The average Bonchev–Trinajstić information content (AvgIpc) is 3.54. The summed E-state index contributed by atoms with van der Waals surface area (Å²) in [6, 6.07) is 7.58. The number of nitrogens with one attached hydrogen (secondary N) is 1. The smallest absolute Gasteiger partial charge is 0.235 e. The molecule has 164 valence electrons. The molecule has 4 heterocycles. The Morgan fingerprint density at radius 3 is 2.72 bits per heavy atom. The molecule has 0 bridgehead atoms. The van der Waals surface area contributed by atoms with Gasteiger partial charge in [0.05, 0.1) is 36.0 Å². The predicted octanol–water partition coefficient (Wildman–Crippen LogP) is 3.22. The van der Waals surface area contributed by atoms with E-state index < -0.39 is 0 Å². The number of carbonyl (C=O) groups excluding carboxylic acids is 1. The summed E-state index contributed by atoms with van der Waals surface area (Å²) in [6.45, 7) is 5.96. The van der Waals surface area contributed by atoms with E-state index in [1.807, 2.05) is 24.5 Å². The highest BCUT2D eigenvalue weighted by molar-refractivity contribution is 7.99. The minimum absolute atomic E-state index is 0.0363. The largest absolute Gasteiger partial charge is 0.469 e. The van der Waals surface area contributed by atoms with Gasteiger partial charge >= 0.3 is 0 Å². The molecule has 3 N–H and O–H groups in total. The maximum absolute atomic E-state index is 12.7. The summed E-state index contributed by atoms with van der Waals surface area (Å²) < 4.78 is 13.9. The fourth-order valence-corrected chi connectivity index (χ4v) is 4.02. The number of nitrogens with zero attached hydrogens (tertiary/aromatic N) is 5. The Balaban J connectivity index is 1.50. The number of carbonyl (C=O) groups is 1. The third-order valence-electron chi connectivity index (χ3n) is 5.19. The summed E-state index contributed by atoms with van der Waals surface area (Å²) in [7, 11) is 0. The first kappa shape index (κ1) is 21.3. The third kappa shape index (κ3) is 3.88. The van der Waals surface area contributed by atoms with Crippen LogP contribution in [0.4, 0.5) is 5.82 Å². The van der Waals surface area contributed by atoms with Crippen molar-refractivity contribution in [2.75, 3.05) is 16.9 Å². The predicted molar refractivity (Wildman–Crippen MR) is 118 cm³/mol.